The number of furan rings is 1. The summed E-state index contributed by atoms with van der Waals surface area (Å²) in [7, 11) is 1.69. The second kappa shape index (κ2) is 5.46. The van der Waals surface area contributed by atoms with Crippen molar-refractivity contribution in [1.82, 2.24) is 19.9 Å². The molecule has 7 nitrogen and oxygen atoms in total. The zero-order valence-electron chi connectivity index (χ0n) is 11.8. The average Bonchev–Trinajstić information content (AvgIpc) is 2.98. The number of aliphatic hydroxyl groups is 1. The van der Waals surface area contributed by atoms with Gasteiger partial charge in [0.05, 0.1) is 19.0 Å². The maximum atomic E-state index is 12.0. The second-order valence-corrected chi connectivity index (χ2v) is 5.19. The van der Waals surface area contributed by atoms with Crippen LogP contribution in [0.5, 0.6) is 0 Å². The van der Waals surface area contributed by atoms with Crippen molar-refractivity contribution in [2.24, 2.45) is 0 Å². The first-order chi connectivity index (χ1) is 9.36. The minimum Gasteiger partial charge on any atom is -0.467 e. The second-order valence-electron chi connectivity index (χ2n) is 5.19. The van der Waals surface area contributed by atoms with Crippen molar-refractivity contribution in [1.29, 1.82) is 0 Å². The molecule has 1 amide bonds. The van der Waals surface area contributed by atoms with E-state index in [0.29, 0.717) is 12.2 Å². The molecule has 20 heavy (non-hydrogen) atoms. The lowest BCUT2D eigenvalue weighted by Crippen LogP contribution is -2.29. The van der Waals surface area contributed by atoms with Crippen LogP contribution in [0.25, 0.3) is 0 Å². The van der Waals surface area contributed by atoms with Gasteiger partial charge in [0.25, 0.3) is 0 Å². The Morgan fingerprint density at radius 2 is 2.30 bits per heavy atom. The average molecular weight is 278 g/mol. The van der Waals surface area contributed by atoms with Gasteiger partial charge in [-0.05, 0) is 26.0 Å². The molecule has 2 aromatic heterocycles. The molecule has 0 spiro atoms. The van der Waals surface area contributed by atoms with E-state index in [9.17, 15) is 9.90 Å². The van der Waals surface area contributed by atoms with Gasteiger partial charge in [-0.2, -0.15) is 0 Å². The molecule has 2 rings (SSSR count). The van der Waals surface area contributed by atoms with Crippen LogP contribution in [-0.2, 0) is 23.5 Å². The minimum atomic E-state index is -1.07. The third-order valence-electron chi connectivity index (χ3n) is 2.86. The standard InChI is InChI=1S/C13H18N4O3/c1-13(2,19)11-8-17(15-14-11)9-12(18)16(3)7-10-5-4-6-20-10/h4-6,8,19H,7,9H2,1-3H3. The fourth-order valence-corrected chi connectivity index (χ4v) is 1.64. The Morgan fingerprint density at radius 1 is 1.55 bits per heavy atom. The summed E-state index contributed by atoms with van der Waals surface area (Å²) in [5.74, 6) is 0.602. The normalized spacial score (nSPS) is 11.6. The molecule has 0 aliphatic heterocycles. The predicted molar refractivity (Wildman–Crippen MR) is 70.4 cm³/mol. The monoisotopic (exact) mass is 278 g/mol. The topological polar surface area (TPSA) is 84.4 Å². The number of likely N-dealkylation sites (N-methyl/N-ethyl adjacent to an activating group) is 1. The number of hydrogen-bond acceptors (Lipinski definition) is 5. The van der Waals surface area contributed by atoms with Gasteiger partial charge in [-0.15, -0.1) is 5.10 Å². The van der Waals surface area contributed by atoms with E-state index in [4.69, 9.17) is 4.42 Å². The Balaban J connectivity index is 1.95. The van der Waals surface area contributed by atoms with Crippen LogP contribution in [0.1, 0.15) is 25.3 Å². The SMILES string of the molecule is CN(Cc1ccco1)C(=O)Cn1cc(C(C)(C)O)nn1. The molecule has 2 aromatic rings. The molecule has 0 aliphatic carbocycles. The highest BCUT2D eigenvalue weighted by molar-refractivity contribution is 5.75. The van der Waals surface area contributed by atoms with Gasteiger partial charge in [0, 0.05) is 7.05 Å². The Bertz CT molecular complexity index is 569. The van der Waals surface area contributed by atoms with Crippen molar-refractivity contribution >= 4 is 5.91 Å². The Kier molecular flexibility index (Phi) is 3.89. The van der Waals surface area contributed by atoms with Crippen LogP contribution in [-0.4, -0.2) is 38.0 Å². The molecule has 0 saturated heterocycles. The largest absolute Gasteiger partial charge is 0.467 e. The molecule has 0 aliphatic rings. The van der Waals surface area contributed by atoms with E-state index in [0.717, 1.165) is 5.76 Å². The van der Waals surface area contributed by atoms with Gasteiger partial charge in [-0.3, -0.25) is 4.79 Å². The van der Waals surface area contributed by atoms with E-state index >= 15 is 0 Å². The summed E-state index contributed by atoms with van der Waals surface area (Å²) in [4.78, 5) is 13.6. The Morgan fingerprint density at radius 3 is 2.85 bits per heavy atom. The predicted octanol–water partition coefficient (Wildman–Crippen LogP) is 0.757. The summed E-state index contributed by atoms with van der Waals surface area (Å²) in [6, 6.07) is 3.59. The molecular weight excluding hydrogens is 260 g/mol. The van der Waals surface area contributed by atoms with E-state index < -0.39 is 5.60 Å². The van der Waals surface area contributed by atoms with E-state index in [1.165, 1.54) is 4.68 Å². The summed E-state index contributed by atoms with van der Waals surface area (Å²) in [6.45, 7) is 3.71. The lowest BCUT2D eigenvalue weighted by molar-refractivity contribution is -0.131. The number of amides is 1. The maximum absolute atomic E-state index is 12.0. The van der Waals surface area contributed by atoms with E-state index in [2.05, 4.69) is 10.3 Å². The fraction of sp³-hybridized carbons (Fsp3) is 0.462. The highest BCUT2D eigenvalue weighted by Gasteiger charge is 2.21. The number of rotatable bonds is 5. The summed E-state index contributed by atoms with van der Waals surface area (Å²) < 4.78 is 6.60. The van der Waals surface area contributed by atoms with Gasteiger partial charge in [-0.25, -0.2) is 4.68 Å². The Hall–Kier alpha value is -2.15. The summed E-state index contributed by atoms with van der Waals surface area (Å²) >= 11 is 0. The zero-order valence-corrected chi connectivity index (χ0v) is 11.8. The molecular formula is C13H18N4O3. The molecule has 0 unspecified atom stereocenters. The smallest absolute Gasteiger partial charge is 0.244 e. The lowest BCUT2D eigenvalue weighted by Gasteiger charge is -2.15. The molecule has 108 valence electrons. The molecule has 0 atom stereocenters. The molecule has 2 heterocycles. The van der Waals surface area contributed by atoms with Crippen LogP contribution < -0.4 is 0 Å². The van der Waals surface area contributed by atoms with Gasteiger partial charge in [0.1, 0.15) is 23.6 Å². The maximum Gasteiger partial charge on any atom is 0.244 e. The summed E-state index contributed by atoms with van der Waals surface area (Å²) in [6.07, 6.45) is 3.14. The van der Waals surface area contributed by atoms with Gasteiger partial charge in [0.15, 0.2) is 0 Å². The molecule has 0 aromatic carbocycles. The van der Waals surface area contributed by atoms with Gasteiger partial charge < -0.3 is 14.4 Å². The number of carbonyl (C=O) groups is 1. The first kappa shape index (κ1) is 14.3. The van der Waals surface area contributed by atoms with Crippen molar-refractivity contribution in [2.75, 3.05) is 7.05 Å². The van der Waals surface area contributed by atoms with Crippen LogP contribution >= 0.6 is 0 Å². The van der Waals surface area contributed by atoms with Crippen LogP contribution in [0.3, 0.4) is 0 Å². The quantitative estimate of drug-likeness (QED) is 0.872. The number of carbonyl (C=O) groups excluding carboxylic acids is 1. The first-order valence-corrected chi connectivity index (χ1v) is 6.25. The third kappa shape index (κ3) is 3.45. The van der Waals surface area contributed by atoms with Gasteiger partial charge >= 0.3 is 0 Å². The molecule has 0 bridgehead atoms. The van der Waals surface area contributed by atoms with Crippen LogP contribution in [0, 0.1) is 0 Å². The van der Waals surface area contributed by atoms with Crippen molar-refractivity contribution < 1.29 is 14.3 Å². The van der Waals surface area contributed by atoms with E-state index in [1.807, 2.05) is 6.07 Å². The highest BCUT2D eigenvalue weighted by Crippen LogP contribution is 2.15. The molecule has 1 N–H and O–H groups in total. The van der Waals surface area contributed by atoms with Gasteiger partial charge in [0.2, 0.25) is 5.91 Å². The summed E-state index contributed by atoms with van der Waals surface area (Å²) in [5, 5.41) is 17.5. The van der Waals surface area contributed by atoms with Crippen molar-refractivity contribution in [3.05, 3.63) is 36.0 Å². The molecule has 0 radical (unpaired) electrons. The van der Waals surface area contributed by atoms with Crippen molar-refractivity contribution in [3.63, 3.8) is 0 Å². The molecule has 7 heteroatoms. The highest BCUT2D eigenvalue weighted by atomic mass is 16.3. The number of hydrogen-bond donors (Lipinski definition) is 1. The summed E-state index contributed by atoms with van der Waals surface area (Å²) in [5.41, 5.74) is -0.638. The number of nitrogens with zero attached hydrogens (tertiary/aromatic N) is 4. The first-order valence-electron chi connectivity index (χ1n) is 6.25. The Labute approximate surface area is 116 Å². The lowest BCUT2D eigenvalue weighted by atomic mass is 10.1. The van der Waals surface area contributed by atoms with Gasteiger partial charge in [-0.1, -0.05) is 5.21 Å². The molecule has 0 fully saturated rings. The van der Waals surface area contributed by atoms with Crippen molar-refractivity contribution in [3.8, 4) is 0 Å². The van der Waals surface area contributed by atoms with Crippen LogP contribution in [0.2, 0.25) is 0 Å². The fourth-order valence-electron chi connectivity index (χ4n) is 1.64. The number of aromatic nitrogens is 3. The minimum absolute atomic E-state index is 0.0697. The third-order valence-corrected chi connectivity index (χ3v) is 2.86. The van der Waals surface area contributed by atoms with E-state index in [1.54, 1.807) is 44.3 Å². The van der Waals surface area contributed by atoms with Crippen molar-refractivity contribution in [2.45, 2.75) is 32.5 Å². The molecule has 0 saturated carbocycles. The van der Waals surface area contributed by atoms with Crippen LogP contribution in [0.15, 0.2) is 29.0 Å². The zero-order chi connectivity index (χ0) is 14.8. The van der Waals surface area contributed by atoms with E-state index in [-0.39, 0.29) is 12.5 Å². The van der Waals surface area contributed by atoms with Crippen LogP contribution in [0.4, 0.5) is 0 Å².